The predicted octanol–water partition coefficient (Wildman–Crippen LogP) is 3.40. The van der Waals surface area contributed by atoms with Gasteiger partial charge in [0.05, 0.1) is 0 Å². The number of carbonyl (C=O) groups is 4. The minimum absolute atomic E-state index is 0.124. The van der Waals surface area contributed by atoms with E-state index in [9.17, 15) is 19.2 Å². The van der Waals surface area contributed by atoms with Crippen LogP contribution in [0.15, 0.2) is 36.4 Å². The van der Waals surface area contributed by atoms with E-state index in [1.165, 1.54) is 31.0 Å². The fourth-order valence-electron chi connectivity index (χ4n) is 3.13. The summed E-state index contributed by atoms with van der Waals surface area (Å²) in [5.74, 6) is -1.87. The molecule has 0 spiro atoms. The highest BCUT2D eigenvalue weighted by atomic mass is 16.6. The molecule has 1 N–H and O–H groups in total. The lowest BCUT2D eigenvalue weighted by Gasteiger charge is -2.11. The Labute approximate surface area is 188 Å². The number of nitrogens with one attached hydrogen (secondary N) is 1. The van der Waals surface area contributed by atoms with Crippen molar-refractivity contribution in [3.63, 3.8) is 0 Å². The number of carbonyl (C=O) groups excluding carboxylic acids is 4. The van der Waals surface area contributed by atoms with Crippen molar-refractivity contribution in [1.29, 1.82) is 0 Å². The number of esters is 2. The Hall–Kier alpha value is -3.48. The summed E-state index contributed by atoms with van der Waals surface area (Å²) < 4.78 is 10.1. The second kappa shape index (κ2) is 11.8. The van der Waals surface area contributed by atoms with Crippen LogP contribution in [0.2, 0.25) is 0 Å². The number of aryl methyl sites for hydroxylation is 3. The molecule has 0 radical (unpaired) electrons. The average Bonchev–Trinajstić information content (AvgIpc) is 2.71. The summed E-state index contributed by atoms with van der Waals surface area (Å²) in [6, 6.07) is 11.0. The Kier molecular flexibility index (Phi) is 9.13. The van der Waals surface area contributed by atoms with Gasteiger partial charge in [0.25, 0.3) is 5.91 Å². The number of ether oxygens (including phenoxy) is 2. The topological polar surface area (TPSA) is 98.8 Å². The molecule has 0 saturated heterocycles. The smallest absolute Gasteiger partial charge is 0.308 e. The number of Topliss-reactive ketones (excluding diaryl/α,β-unsaturated/α-hetero) is 1. The summed E-state index contributed by atoms with van der Waals surface area (Å²) in [5, 5.41) is 2.62. The van der Waals surface area contributed by atoms with Gasteiger partial charge in [0.15, 0.2) is 11.5 Å². The Balaban J connectivity index is 1.81. The zero-order valence-corrected chi connectivity index (χ0v) is 18.9. The molecule has 2 rings (SSSR count). The van der Waals surface area contributed by atoms with E-state index in [4.69, 9.17) is 9.47 Å². The lowest BCUT2D eigenvalue weighted by molar-refractivity contribution is -0.137. The van der Waals surface area contributed by atoms with Crippen LogP contribution < -0.4 is 14.8 Å². The van der Waals surface area contributed by atoms with Crippen LogP contribution in [-0.2, 0) is 32.0 Å². The zero-order chi connectivity index (χ0) is 23.7. The molecule has 0 aliphatic heterocycles. The van der Waals surface area contributed by atoms with Crippen LogP contribution in [0.25, 0.3) is 0 Å². The normalized spacial score (nSPS) is 10.4. The first-order valence-electron chi connectivity index (χ1n) is 10.5. The predicted molar refractivity (Wildman–Crippen MR) is 120 cm³/mol. The maximum Gasteiger partial charge on any atom is 0.308 e. The van der Waals surface area contributed by atoms with Crippen LogP contribution in [0.5, 0.6) is 11.5 Å². The van der Waals surface area contributed by atoms with E-state index in [2.05, 4.69) is 31.3 Å². The van der Waals surface area contributed by atoms with Crippen LogP contribution >= 0.6 is 0 Å². The number of benzene rings is 2. The van der Waals surface area contributed by atoms with Crippen LogP contribution in [0, 0.1) is 13.8 Å². The van der Waals surface area contributed by atoms with Gasteiger partial charge in [0, 0.05) is 26.8 Å². The number of hydrogen-bond acceptors (Lipinski definition) is 6. The Morgan fingerprint density at radius 2 is 1.41 bits per heavy atom. The zero-order valence-electron chi connectivity index (χ0n) is 18.9. The molecular weight excluding hydrogens is 410 g/mol. The van der Waals surface area contributed by atoms with Crippen molar-refractivity contribution in [3.8, 4) is 11.5 Å². The summed E-state index contributed by atoms with van der Waals surface area (Å²) >= 11 is 0. The maximum absolute atomic E-state index is 12.1. The molecule has 0 fully saturated rings. The standard InChI is InChI=1S/C25H29NO6/c1-16-8-9-20(14-17(16)2)6-5-7-22(29)25(30)26-13-12-21-10-11-23(31-18(3)27)24(15-21)32-19(4)28/h8-11,14-15H,5-7,12-13H2,1-4H3,(H,26,30). The highest BCUT2D eigenvalue weighted by Crippen LogP contribution is 2.29. The van der Waals surface area contributed by atoms with Gasteiger partial charge in [-0.25, -0.2) is 0 Å². The van der Waals surface area contributed by atoms with Gasteiger partial charge in [-0.05, 0) is 67.5 Å². The van der Waals surface area contributed by atoms with Crippen molar-refractivity contribution in [2.45, 2.75) is 53.4 Å². The van der Waals surface area contributed by atoms with Crippen molar-refractivity contribution in [3.05, 3.63) is 58.7 Å². The van der Waals surface area contributed by atoms with E-state index in [0.29, 0.717) is 12.8 Å². The van der Waals surface area contributed by atoms with E-state index in [-0.39, 0.29) is 24.5 Å². The summed E-state index contributed by atoms with van der Waals surface area (Å²) in [6.45, 7) is 6.85. The van der Waals surface area contributed by atoms with Crippen molar-refractivity contribution in [1.82, 2.24) is 5.32 Å². The third-order valence-corrected chi connectivity index (χ3v) is 4.91. The minimum atomic E-state index is -0.609. The molecule has 0 aliphatic carbocycles. The van der Waals surface area contributed by atoms with Gasteiger partial charge in [0.1, 0.15) is 0 Å². The van der Waals surface area contributed by atoms with Gasteiger partial charge in [0.2, 0.25) is 5.78 Å². The molecule has 0 atom stereocenters. The molecule has 32 heavy (non-hydrogen) atoms. The SMILES string of the molecule is CC(=O)Oc1ccc(CCNC(=O)C(=O)CCCc2ccc(C)c(C)c2)cc1OC(C)=O. The maximum atomic E-state index is 12.1. The van der Waals surface area contributed by atoms with Gasteiger partial charge in [-0.1, -0.05) is 24.3 Å². The third kappa shape index (κ3) is 7.98. The first kappa shape index (κ1) is 24.8. The summed E-state index contributed by atoms with van der Waals surface area (Å²) in [5.41, 5.74) is 4.34. The Morgan fingerprint density at radius 1 is 0.781 bits per heavy atom. The van der Waals surface area contributed by atoms with Gasteiger partial charge >= 0.3 is 11.9 Å². The second-order valence-electron chi connectivity index (χ2n) is 7.67. The van der Waals surface area contributed by atoms with Crippen LogP contribution in [0.3, 0.4) is 0 Å². The largest absolute Gasteiger partial charge is 0.423 e. The van der Waals surface area contributed by atoms with Crippen molar-refractivity contribution < 1.29 is 28.7 Å². The molecule has 7 heteroatoms. The number of amides is 1. The fourth-order valence-corrected chi connectivity index (χ4v) is 3.13. The molecule has 2 aromatic rings. The van der Waals surface area contributed by atoms with Gasteiger partial charge in [-0.15, -0.1) is 0 Å². The van der Waals surface area contributed by atoms with Gasteiger partial charge in [-0.2, -0.15) is 0 Å². The molecule has 7 nitrogen and oxygen atoms in total. The Bertz CT molecular complexity index is 1010. The number of rotatable bonds is 10. The molecule has 0 aromatic heterocycles. The minimum Gasteiger partial charge on any atom is -0.423 e. The highest BCUT2D eigenvalue weighted by molar-refractivity contribution is 6.36. The molecule has 0 heterocycles. The Morgan fingerprint density at radius 3 is 2.06 bits per heavy atom. The van der Waals surface area contributed by atoms with Crippen LogP contribution in [-0.4, -0.2) is 30.2 Å². The van der Waals surface area contributed by atoms with E-state index in [0.717, 1.165) is 17.5 Å². The first-order valence-corrected chi connectivity index (χ1v) is 10.5. The van der Waals surface area contributed by atoms with Crippen molar-refractivity contribution in [2.75, 3.05) is 6.54 Å². The molecule has 0 saturated carbocycles. The lowest BCUT2D eigenvalue weighted by Crippen LogP contribution is -2.32. The van der Waals surface area contributed by atoms with E-state index in [1.807, 2.05) is 6.07 Å². The lowest BCUT2D eigenvalue weighted by atomic mass is 10.0. The average molecular weight is 440 g/mol. The monoisotopic (exact) mass is 439 g/mol. The second-order valence-corrected chi connectivity index (χ2v) is 7.67. The van der Waals surface area contributed by atoms with Gasteiger partial charge in [-0.3, -0.25) is 19.2 Å². The first-order chi connectivity index (χ1) is 15.2. The van der Waals surface area contributed by atoms with Crippen LogP contribution in [0.1, 0.15) is 48.9 Å². The third-order valence-electron chi connectivity index (χ3n) is 4.91. The van der Waals surface area contributed by atoms with Crippen LogP contribution in [0.4, 0.5) is 0 Å². The van der Waals surface area contributed by atoms with E-state index >= 15 is 0 Å². The number of hydrogen-bond donors (Lipinski definition) is 1. The summed E-state index contributed by atoms with van der Waals surface area (Å²) in [6.07, 6.45) is 1.95. The molecule has 0 aliphatic rings. The fraction of sp³-hybridized carbons (Fsp3) is 0.360. The highest BCUT2D eigenvalue weighted by Gasteiger charge is 2.14. The quantitative estimate of drug-likeness (QED) is 0.346. The number of ketones is 1. The molecule has 2 aromatic carbocycles. The van der Waals surface area contributed by atoms with Crippen molar-refractivity contribution >= 4 is 23.6 Å². The molecule has 0 bridgehead atoms. The molecule has 0 unspecified atom stereocenters. The summed E-state index contributed by atoms with van der Waals surface area (Å²) in [7, 11) is 0. The molecule has 170 valence electrons. The van der Waals surface area contributed by atoms with Crippen molar-refractivity contribution in [2.24, 2.45) is 0 Å². The van der Waals surface area contributed by atoms with E-state index in [1.54, 1.807) is 12.1 Å². The van der Waals surface area contributed by atoms with Gasteiger partial charge < -0.3 is 14.8 Å². The van der Waals surface area contributed by atoms with E-state index < -0.39 is 23.6 Å². The molecule has 1 amide bonds. The summed E-state index contributed by atoms with van der Waals surface area (Å²) in [4.78, 5) is 46.7. The molecular formula is C25H29NO6.